The van der Waals surface area contributed by atoms with E-state index in [0.29, 0.717) is 23.0 Å². The Labute approximate surface area is 449 Å². The molecule has 4 heterocycles. The Hall–Kier alpha value is -1.39. The monoisotopic (exact) mass is 1010 g/mol. The predicted octanol–water partition coefficient (Wildman–Crippen LogP) is -0.302. The third-order valence-corrected chi connectivity index (χ3v) is 8.28. The fourth-order valence-electron chi connectivity index (χ4n) is 4.17. The van der Waals surface area contributed by atoms with Crippen LogP contribution in [0.3, 0.4) is 0 Å². The third kappa shape index (κ3) is 32.0. The number of hydrogen-bond acceptors (Lipinski definition) is 14. The molecule has 4 rings (SSSR count). The van der Waals surface area contributed by atoms with E-state index in [2.05, 4.69) is 114 Å². The van der Waals surface area contributed by atoms with Crippen molar-refractivity contribution in [1.82, 2.24) is 39.9 Å². The second-order valence-corrected chi connectivity index (χ2v) is 15.1. The number of nitrogens with one attached hydrogen (secondary N) is 1. The molecule has 0 aliphatic carbocycles. The summed E-state index contributed by atoms with van der Waals surface area (Å²) in [5, 5.41) is 18.8. The van der Waals surface area contributed by atoms with Crippen LogP contribution in [0.5, 0.6) is 0 Å². The fraction of sp³-hybridized carbons (Fsp3) is 0.447. The van der Waals surface area contributed by atoms with Crippen LogP contribution in [-0.4, -0.2) is 67.7 Å². The Morgan fingerprint density at radius 2 is 1.24 bits per heavy atom. The molecule has 4 aromatic heterocycles. The number of H-pyrrole nitrogens is 1. The summed E-state index contributed by atoms with van der Waals surface area (Å²) in [6.45, 7) is 4.48. The minimum absolute atomic E-state index is 0. The third-order valence-electron chi connectivity index (χ3n) is 6.92. The van der Waals surface area contributed by atoms with Gasteiger partial charge in [-0.25, -0.2) is 29.7 Å². The van der Waals surface area contributed by atoms with Crippen molar-refractivity contribution in [2.75, 3.05) is 12.9 Å². The molecule has 310 valence electrons. The summed E-state index contributed by atoms with van der Waals surface area (Å²) in [7, 11) is -3.33. The maximum atomic E-state index is 11.9. The molecule has 1 N–H and O–H groups in total. The molecule has 0 saturated heterocycles. The summed E-state index contributed by atoms with van der Waals surface area (Å²) in [6, 6.07) is 6.05. The average Bonchev–Trinajstić information content (AvgIpc) is 3.20. The Bertz CT molecular complexity index is 2080. The molecule has 0 radical (unpaired) electrons. The molecule has 0 aliphatic rings. The van der Waals surface area contributed by atoms with Crippen molar-refractivity contribution < 1.29 is 132 Å². The number of unbranched alkanes of at least 4 members (excludes halogenated alkanes) is 10. The van der Waals surface area contributed by atoms with Crippen LogP contribution in [0, 0.1) is 23.7 Å². The van der Waals surface area contributed by atoms with E-state index in [1.807, 2.05) is 0 Å². The summed E-state index contributed by atoms with van der Waals surface area (Å²) < 4.78 is 28.5. The van der Waals surface area contributed by atoms with Crippen molar-refractivity contribution in [3.05, 3.63) is 78.7 Å². The van der Waals surface area contributed by atoms with Crippen molar-refractivity contribution >= 4 is 48.5 Å². The summed E-state index contributed by atoms with van der Waals surface area (Å²) in [6.07, 6.45) is 21.5. The summed E-state index contributed by atoms with van der Waals surface area (Å²) in [5.74, 6) is 12.7. The zero-order valence-corrected chi connectivity index (χ0v) is 44.4. The molecule has 0 aromatic carbocycles. The van der Waals surface area contributed by atoms with Gasteiger partial charge in [0.05, 0.1) is 15.2 Å². The Kier molecular flexibility index (Phi) is 38.8. The molecule has 16 nitrogen and oxygen atoms in total. The minimum Gasteiger partial charge on any atom is -1.00 e. The van der Waals surface area contributed by atoms with E-state index in [4.69, 9.17) is 10.1 Å². The first kappa shape index (κ1) is 59.7. The van der Waals surface area contributed by atoms with E-state index >= 15 is 0 Å². The zero-order valence-electron chi connectivity index (χ0n) is 35.2. The van der Waals surface area contributed by atoms with Crippen LogP contribution in [0.25, 0.3) is 23.0 Å². The predicted molar refractivity (Wildman–Crippen MR) is 222 cm³/mol. The van der Waals surface area contributed by atoms with Gasteiger partial charge in [0.15, 0.2) is 11.6 Å². The molecule has 0 unspecified atom stereocenters. The number of hydrogen-bond donors (Lipinski definition) is 1. The van der Waals surface area contributed by atoms with Crippen LogP contribution in [0.4, 0.5) is 0 Å². The fourth-order valence-corrected chi connectivity index (χ4v) is 4.85. The van der Waals surface area contributed by atoms with Crippen molar-refractivity contribution in [2.45, 2.75) is 97.4 Å². The molecule has 4 aromatic rings. The van der Waals surface area contributed by atoms with Gasteiger partial charge in [0.2, 0.25) is 0 Å². The molecule has 59 heavy (non-hydrogen) atoms. The van der Waals surface area contributed by atoms with E-state index < -0.39 is 10.1 Å². The second kappa shape index (κ2) is 38.3. The molecule has 21 heteroatoms. The van der Waals surface area contributed by atoms with Crippen LogP contribution in [0.15, 0.2) is 67.6 Å². The average molecular weight is 1010 g/mol. The van der Waals surface area contributed by atoms with Gasteiger partial charge >= 0.3 is 103 Å². The first-order chi connectivity index (χ1) is 27.4. The van der Waals surface area contributed by atoms with Gasteiger partial charge in [-0.1, -0.05) is 77.1 Å². The topological polar surface area (TPSA) is 225 Å². The van der Waals surface area contributed by atoms with Crippen LogP contribution >= 0.6 is 31.9 Å². The Balaban J connectivity index is -0.000000790. The first-order valence-corrected chi connectivity index (χ1v) is 21.4. The molecule has 0 bridgehead atoms. The minimum atomic E-state index is -3.33. The van der Waals surface area contributed by atoms with Gasteiger partial charge in [0.25, 0.3) is 27.7 Å². The first-order valence-electron chi connectivity index (χ1n) is 18.0. The maximum Gasteiger partial charge on any atom is 1.00 e. The van der Waals surface area contributed by atoms with Gasteiger partial charge in [-0.05, 0) is 56.8 Å². The van der Waals surface area contributed by atoms with Gasteiger partial charge in [-0.3, -0.25) is 18.6 Å². The van der Waals surface area contributed by atoms with Crippen LogP contribution in [-0.2, 0) is 30.5 Å². The smallest absolute Gasteiger partial charge is 1.00 e. The Morgan fingerprint density at radius 3 is 1.69 bits per heavy atom. The summed E-state index contributed by atoms with van der Waals surface area (Å²) >= 11 is 6.52. The number of halogens is 2. The molecule has 0 aliphatic heterocycles. The van der Waals surface area contributed by atoms with Crippen molar-refractivity contribution in [1.29, 1.82) is 0 Å². The van der Waals surface area contributed by atoms with E-state index in [9.17, 15) is 18.0 Å². The standard InChI is InChI=1S/C18H21BrN4O.C11H20O3S.C8H5BrN4O.CH2O3.2K.H/c1-2-3-4-5-6-7-8-9-12-23-17(24)11-10-16(22-23)18-20-13-15(19)14-21-18;1-3-4-5-6-7-8-9-10-11-14-15(2,12)13;9-5-3-10-8(11-4-5)6-1-2-7(14)13-12-6;2-1-4-3;;;/h10-11,13-14H,2-7,12H2,1H3;3-8,11H2,1-2H3;1-4H,(H,13,14);1,3H;;;/q;;;;2*+1;-1/p-1. The number of aromatic amines is 1. The van der Waals surface area contributed by atoms with E-state index in [0.717, 1.165) is 40.9 Å². The number of rotatable bonds is 16. The largest absolute Gasteiger partial charge is 1.00 e. The number of aromatic nitrogens is 8. The van der Waals surface area contributed by atoms with Crippen molar-refractivity contribution in [3.63, 3.8) is 0 Å². The zero-order chi connectivity index (χ0) is 42.2. The number of carbonyl (C=O) groups is 1. The SMILES string of the molecule is CCCCCCCC#CCOS(C)(=O)=O.CCCCCCCC#CCn1nc(-c2ncc(Br)cn2)ccc1=O.O=CO[O-].O=c1ccc(-c2ncc(Br)cn2)n[nH]1.[H-].[K+].[K+]. The van der Waals surface area contributed by atoms with Gasteiger partial charge in [-0.15, -0.1) is 11.8 Å². The van der Waals surface area contributed by atoms with Crippen molar-refractivity contribution in [3.8, 4) is 46.7 Å². The molecule has 0 atom stereocenters. The Morgan fingerprint density at radius 1 is 0.763 bits per heavy atom. The molecule has 0 spiro atoms. The number of nitrogens with zero attached hydrogens (tertiary/aromatic N) is 7. The number of carbonyl (C=O) groups excluding carboxylic acids is 1. The quantitative estimate of drug-likeness (QED) is 0.0290. The molecule has 0 saturated carbocycles. The molecular formula is C38H48Br2K2N8O8S. The van der Waals surface area contributed by atoms with E-state index in [-0.39, 0.29) is 135 Å². The molecule has 0 amide bonds. The van der Waals surface area contributed by atoms with Crippen LogP contribution in [0.2, 0.25) is 0 Å². The maximum absolute atomic E-state index is 11.9. The van der Waals surface area contributed by atoms with E-state index in [1.165, 1.54) is 68.2 Å². The van der Waals surface area contributed by atoms with Crippen molar-refractivity contribution in [2.24, 2.45) is 0 Å². The van der Waals surface area contributed by atoms with Gasteiger partial charge in [0.1, 0.15) is 24.5 Å². The molecule has 0 fully saturated rings. The van der Waals surface area contributed by atoms with Crippen LogP contribution < -0.4 is 119 Å². The normalized spacial score (nSPS) is 9.66. The second-order valence-electron chi connectivity index (χ2n) is 11.7. The summed E-state index contributed by atoms with van der Waals surface area (Å²) in [5.41, 5.74) is 0.680. The van der Waals surface area contributed by atoms with Crippen LogP contribution in [0.1, 0.15) is 92.3 Å². The van der Waals surface area contributed by atoms with Gasteiger partial charge < -0.3 is 11.6 Å². The van der Waals surface area contributed by atoms with Gasteiger partial charge in [0, 0.05) is 49.8 Å². The molecular weight excluding hydrogens is 967 g/mol. The van der Waals surface area contributed by atoms with E-state index in [1.54, 1.807) is 36.9 Å². The summed E-state index contributed by atoms with van der Waals surface area (Å²) in [4.78, 5) is 50.3. The van der Waals surface area contributed by atoms with Gasteiger partial charge in [-0.2, -0.15) is 18.6 Å².